The van der Waals surface area contributed by atoms with Gasteiger partial charge in [0, 0.05) is 17.0 Å². The molecule has 1 amide bonds. The lowest BCUT2D eigenvalue weighted by atomic mass is 10.1. The van der Waals surface area contributed by atoms with Gasteiger partial charge in [0.2, 0.25) is 5.91 Å². The summed E-state index contributed by atoms with van der Waals surface area (Å²) in [5.74, 6) is 0.618. The van der Waals surface area contributed by atoms with Crippen LogP contribution in [0.5, 0.6) is 0 Å². The molecule has 4 aromatic rings. The van der Waals surface area contributed by atoms with E-state index >= 15 is 0 Å². The predicted octanol–water partition coefficient (Wildman–Crippen LogP) is 5.03. The van der Waals surface area contributed by atoms with Crippen molar-refractivity contribution in [1.82, 2.24) is 20.1 Å². The number of carbonyl (C=O) groups is 1. The van der Waals surface area contributed by atoms with Gasteiger partial charge in [-0.3, -0.25) is 9.36 Å². The molecule has 0 bridgehead atoms. The number of thiophene rings is 1. The van der Waals surface area contributed by atoms with Gasteiger partial charge < -0.3 is 5.32 Å². The molecule has 0 aliphatic carbocycles. The lowest BCUT2D eigenvalue weighted by Gasteiger charge is -2.14. The van der Waals surface area contributed by atoms with E-state index in [-0.39, 0.29) is 23.5 Å². The smallest absolute Gasteiger partial charge is 0.230 e. The highest BCUT2D eigenvalue weighted by Gasteiger charge is 2.17. The Morgan fingerprint density at radius 3 is 2.58 bits per heavy atom. The fourth-order valence-electron chi connectivity index (χ4n) is 3.16. The Balaban J connectivity index is 1.47. The minimum absolute atomic E-state index is 0.121. The second kappa shape index (κ2) is 9.89. The molecule has 0 spiro atoms. The number of halogens is 1. The maximum Gasteiger partial charge on any atom is 0.230 e. The number of hydrogen-bond acceptors (Lipinski definition) is 5. The summed E-state index contributed by atoms with van der Waals surface area (Å²) >= 11 is 3.02. The van der Waals surface area contributed by atoms with Crippen molar-refractivity contribution < 1.29 is 9.18 Å². The fourth-order valence-corrected chi connectivity index (χ4v) is 4.65. The number of para-hydroxylation sites is 1. The van der Waals surface area contributed by atoms with Gasteiger partial charge >= 0.3 is 0 Å². The van der Waals surface area contributed by atoms with E-state index in [1.54, 1.807) is 23.5 Å². The monoisotopic (exact) mass is 452 g/mol. The molecule has 2 heterocycles. The van der Waals surface area contributed by atoms with Gasteiger partial charge in [-0.2, -0.15) is 0 Å². The Hall–Kier alpha value is -2.97. The number of rotatable bonds is 8. The minimum atomic E-state index is -0.295. The van der Waals surface area contributed by atoms with Crippen LogP contribution >= 0.6 is 23.1 Å². The number of carbonyl (C=O) groups excluding carboxylic acids is 1. The van der Waals surface area contributed by atoms with Crippen LogP contribution in [0.4, 0.5) is 4.39 Å². The van der Waals surface area contributed by atoms with Crippen LogP contribution in [0.1, 0.15) is 29.2 Å². The van der Waals surface area contributed by atoms with Gasteiger partial charge in [-0.1, -0.05) is 48.2 Å². The van der Waals surface area contributed by atoms with E-state index in [0.29, 0.717) is 11.6 Å². The summed E-state index contributed by atoms with van der Waals surface area (Å²) < 4.78 is 15.1. The van der Waals surface area contributed by atoms with Crippen LogP contribution in [-0.4, -0.2) is 26.4 Å². The van der Waals surface area contributed by atoms with E-state index < -0.39 is 0 Å². The second-order valence-corrected chi connectivity index (χ2v) is 8.93. The first-order valence-electron chi connectivity index (χ1n) is 9.80. The van der Waals surface area contributed by atoms with Crippen LogP contribution in [0.15, 0.2) is 77.3 Å². The lowest BCUT2D eigenvalue weighted by molar-refractivity contribution is -0.119. The molecule has 5 nitrogen and oxygen atoms in total. The van der Waals surface area contributed by atoms with E-state index in [2.05, 4.69) is 21.6 Å². The number of thioether (sulfide) groups is 1. The Morgan fingerprint density at radius 2 is 1.87 bits per heavy atom. The summed E-state index contributed by atoms with van der Waals surface area (Å²) in [6.07, 6.45) is 0.675. The largest absolute Gasteiger partial charge is 0.349 e. The van der Waals surface area contributed by atoms with Crippen LogP contribution in [0.2, 0.25) is 0 Å². The van der Waals surface area contributed by atoms with E-state index in [0.717, 1.165) is 17.1 Å². The van der Waals surface area contributed by atoms with Gasteiger partial charge in [0.1, 0.15) is 11.6 Å². The number of nitrogens with zero attached hydrogens (tertiary/aromatic N) is 3. The number of nitrogens with one attached hydrogen (secondary N) is 1. The Bertz CT molecular complexity index is 1130. The van der Waals surface area contributed by atoms with Crippen molar-refractivity contribution >= 4 is 29.0 Å². The zero-order valence-corrected chi connectivity index (χ0v) is 18.5. The third-order valence-corrected chi connectivity index (χ3v) is 6.51. The minimum Gasteiger partial charge on any atom is -0.349 e. The van der Waals surface area contributed by atoms with Crippen molar-refractivity contribution in [3.63, 3.8) is 0 Å². The molecular formula is C23H21FN4OS2. The number of hydrogen-bond donors (Lipinski definition) is 1. The van der Waals surface area contributed by atoms with E-state index in [1.165, 1.54) is 28.8 Å². The zero-order chi connectivity index (χ0) is 21.6. The third-order valence-electron chi connectivity index (χ3n) is 4.71. The summed E-state index contributed by atoms with van der Waals surface area (Å²) in [6, 6.07) is 19.9. The maximum absolute atomic E-state index is 13.1. The summed E-state index contributed by atoms with van der Waals surface area (Å²) in [6.45, 7) is 1.88. The quantitative estimate of drug-likeness (QED) is 0.381. The topological polar surface area (TPSA) is 59.8 Å². The van der Waals surface area contributed by atoms with Crippen molar-refractivity contribution in [1.29, 1.82) is 0 Å². The van der Waals surface area contributed by atoms with Gasteiger partial charge in [0.25, 0.3) is 0 Å². The Kier molecular flexibility index (Phi) is 6.79. The molecule has 8 heteroatoms. The first-order valence-corrected chi connectivity index (χ1v) is 11.7. The fraction of sp³-hybridized carbons (Fsp3) is 0.174. The van der Waals surface area contributed by atoms with Crippen LogP contribution in [-0.2, 0) is 11.2 Å². The first kappa shape index (κ1) is 21.3. The summed E-state index contributed by atoms with van der Waals surface area (Å²) in [5, 5.41) is 14.4. The number of benzene rings is 2. The molecule has 0 saturated carbocycles. The highest BCUT2D eigenvalue weighted by atomic mass is 32.2. The Morgan fingerprint density at radius 1 is 1.10 bits per heavy atom. The Labute approximate surface area is 188 Å². The molecule has 0 fully saturated rings. The molecule has 1 N–H and O–H groups in total. The standard InChI is InChI=1S/C23H21FN4OS2/c1-16(17-9-11-18(24)12-10-17)25-22(29)15-31-23-27-26-21(14-20-8-5-13-30-20)28(23)19-6-3-2-4-7-19/h2-13,16H,14-15H2,1H3,(H,25,29)/t16-/m1/s1. The summed E-state index contributed by atoms with van der Waals surface area (Å²) in [7, 11) is 0. The molecule has 31 heavy (non-hydrogen) atoms. The number of amides is 1. The van der Waals surface area contributed by atoms with Crippen molar-refractivity contribution in [2.45, 2.75) is 24.5 Å². The van der Waals surface area contributed by atoms with Crippen molar-refractivity contribution in [2.24, 2.45) is 0 Å². The molecule has 0 aliphatic rings. The third kappa shape index (κ3) is 5.39. The lowest BCUT2D eigenvalue weighted by Crippen LogP contribution is -2.28. The van der Waals surface area contributed by atoms with Gasteiger partial charge in [0.15, 0.2) is 5.16 Å². The molecule has 2 aromatic heterocycles. The molecule has 1 atom stereocenters. The molecule has 158 valence electrons. The molecule has 2 aromatic carbocycles. The molecule has 4 rings (SSSR count). The van der Waals surface area contributed by atoms with Gasteiger partial charge in [-0.25, -0.2) is 4.39 Å². The highest BCUT2D eigenvalue weighted by molar-refractivity contribution is 7.99. The van der Waals surface area contributed by atoms with Crippen LogP contribution in [0.25, 0.3) is 5.69 Å². The van der Waals surface area contributed by atoms with Gasteiger partial charge in [0.05, 0.1) is 11.8 Å². The highest BCUT2D eigenvalue weighted by Crippen LogP contribution is 2.24. The van der Waals surface area contributed by atoms with E-state index in [4.69, 9.17) is 0 Å². The predicted molar refractivity (Wildman–Crippen MR) is 122 cm³/mol. The SMILES string of the molecule is C[C@@H](NC(=O)CSc1nnc(Cc2cccs2)n1-c1ccccc1)c1ccc(F)cc1. The van der Waals surface area contributed by atoms with Crippen LogP contribution in [0.3, 0.4) is 0 Å². The summed E-state index contributed by atoms with van der Waals surface area (Å²) in [4.78, 5) is 13.7. The first-order chi connectivity index (χ1) is 15.1. The molecular weight excluding hydrogens is 431 g/mol. The molecule has 0 unspecified atom stereocenters. The molecule has 0 saturated heterocycles. The van der Waals surface area contributed by atoms with Crippen molar-refractivity contribution in [3.8, 4) is 5.69 Å². The van der Waals surface area contributed by atoms with Crippen LogP contribution in [0, 0.1) is 5.82 Å². The average Bonchev–Trinajstić information content (AvgIpc) is 3.43. The maximum atomic E-state index is 13.1. The molecule has 0 aliphatic heterocycles. The number of aromatic nitrogens is 3. The normalized spacial score (nSPS) is 11.9. The molecule has 0 radical (unpaired) electrons. The van der Waals surface area contributed by atoms with Crippen molar-refractivity contribution in [2.75, 3.05) is 5.75 Å². The van der Waals surface area contributed by atoms with E-state index in [1.807, 2.05) is 53.3 Å². The van der Waals surface area contributed by atoms with Gasteiger partial charge in [-0.05, 0) is 48.2 Å². The summed E-state index contributed by atoms with van der Waals surface area (Å²) in [5.41, 5.74) is 1.81. The van der Waals surface area contributed by atoms with Gasteiger partial charge in [-0.15, -0.1) is 21.5 Å². The average molecular weight is 453 g/mol. The zero-order valence-electron chi connectivity index (χ0n) is 16.9. The van der Waals surface area contributed by atoms with Crippen LogP contribution < -0.4 is 5.32 Å². The van der Waals surface area contributed by atoms with E-state index in [9.17, 15) is 9.18 Å². The second-order valence-electron chi connectivity index (χ2n) is 6.96. The van der Waals surface area contributed by atoms with Crippen molar-refractivity contribution in [3.05, 3.63) is 94.2 Å².